The normalized spacial score (nSPS) is 11.4. The van der Waals surface area contributed by atoms with Crippen LogP contribution in [-0.4, -0.2) is 17.9 Å². The number of rotatable bonds is 6. The fourth-order valence-corrected chi connectivity index (χ4v) is 2.91. The Hall–Kier alpha value is -3.60. The quantitative estimate of drug-likeness (QED) is 0.584. The molecule has 0 radical (unpaired) electrons. The van der Waals surface area contributed by atoms with Crippen molar-refractivity contribution < 1.29 is 9.59 Å². The second kappa shape index (κ2) is 8.86. The van der Waals surface area contributed by atoms with E-state index < -0.39 is 6.04 Å². The first kappa shape index (κ1) is 19.2. The molecule has 0 spiro atoms. The summed E-state index contributed by atoms with van der Waals surface area (Å²) >= 11 is 0. The smallest absolute Gasteiger partial charge is 0.246 e. The van der Waals surface area contributed by atoms with E-state index in [9.17, 15) is 9.59 Å². The zero-order chi connectivity index (χ0) is 19.9. The molecule has 0 aliphatic carbocycles. The summed E-state index contributed by atoms with van der Waals surface area (Å²) in [6, 6.07) is 24.5. The minimum atomic E-state index is -0.462. The summed E-state index contributed by atoms with van der Waals surface area (Å²) in [6.45, 7) is 3.26. The lowest BCUT2D eigenvalue weighted by atomic mass is 10.0. The first-order valence-electron chi connectivity index (χ1n) is 9.12. The van der Waals surface area contributed by atoms with Gasteiger partial charge < -0.3 is 16.0 Å². The number of carbonyl (C=O) groups is 2. The molecule has 0 fully saturated rings. The van der Waals surface area contributed by atoms with E-state index in [0.29, 0.717) is 5.69 Å². The molecular weight excluding hydrogens is 350 g/mol. The van der Waals surface area contributed by atoms with Gasteiger partial charge >= 0.3 is 0 Å². The Morgan fingerprint density at radius 2 is 1.46 bits per heavy atom. The molecule has 3 aromatic carbocycles. The van der Waals surface area contributed by atoms with Gasteiger partial charge in [0.15, 0.2) is 0 Å². The SMILES string of the molecule is CC(=O)Nc1cccc(N[C@H](C)C(=O)Nc2ccccc2-c2ccccc2)c1. The Labute approximate surface area is 164 Å². The molecule has 0 aromatic heterocycles. The van der Waals surface area contributed by atoms with Crippen LogP contribution in [0.2, 0.25) is 0 Å². The number of benzene rings is 3. The highest BCUT2D eigenvalue weighted by molar-refractivity contribution is 5.99. The van der Waals surface area contributed by atoms with Gasteiger partial charge in [-0.15, -0.1) is 0 Å². The van der Waals surface area contributed by atoms with Gasteiger partial charge in [0.1, 0.15) is 6.04 Å². The molecule has 28 heavy (non-hydrogen) atoms. The molecular formula is C23H23N3O2. The lowest BCUT2D eigenvalue weighted by Crippen LogP contribution is -2.32. The maximum Gasteiger partial charge on any atom is 0.246 e. The predicted octanol–water partition coefficient (Wildman–Crippen LogP) is 4.75. The molecule has 0 aliphatic heterocycles. The third-order valence-corrected chi connectivity index (χ3v) is 4.23. The molecule has 0 saturated carbocycles. The minimum absolute atomic E-state index is 0.138. The summed E-state index contributed by atoms with van der Waals surface area (Å²) in [7, 11) is 0. The van der Waals surface area contributed by atoms with Gasteiger partial charge in [0, 0.05) is 29.5 Å². The van der Waals surface area contributed by atoms with Crippen molar-refractivity contribution in [1.82, 2.24) is 0 Å². The van der Waals surface area contributed by atoms with Gasteiger partial charge in [0.2, 0.25) is 11.8 Å². The number of anilines is 3. The van der Waals surface area contributed by atoms with Crippen molar-refractivity contribution in [3.05, 3.63) is 78.9 Å². The molecule has 1 atom stereocenters. The van der Waals surface area contributed by atoms with E-state index in [2.05, 4.69) is 16.0 Å². The van der Waals surface area contributed by atoms with Crippen LogP contribution in [0.1, 0.15) is 13.8 Å². The van der Waals surface area contributed by atoms with E-state index in [1.54, 1.807) is 19.1 Å². The first-order chi connectivity index (χ1) is 13.5. The Balaban J connectivity index is 1.71. The van der Waals surface area contributed by atoms with Crippen LogP contribution in [0, 0.1) is 0 Å². The maximum absolute atomic E-state index is 12.7. The number of hydrogen-bond donors (Lipinski definition) is 3. The highest BCUT2D eigenvalue weighted by Gasteiger charge is 2.15. The summed E-state index contributed by atoms with van der Waals surface area (Å²) in [6.07, 6.45) is 0. The predicted molar refractivity (Wildman–Crippen MR) is 114 cm³/mol. The van der Waals surface area contributed by atoms with Crippen molar-refractivity contribution in [2.45, 2.75) is 19.9 Å². The lowest BCUT2D eigenvalue weighted by molar-refractivity contribution is -0.116. The molecule has 0 bridgehead atoms. The average molecular weight is 373 g/mol. The van der Waals surface area contributed by atoms with Gasteiger partial charge in [-0.2, -0.15) is 0 Å². The van der Waals surface area contributed by atoms with E-state index in [0.717, 1.165) is 22.5 Å². The molecule has 0 unspecified atom stereocenters. The number of nitrogens with one attached hydrogen (secondary N) is 3. The molecule has 5 nitrogen and oxygen atoms in total. The van der Waals surface area contributed by atoms with Gasteiger partial charge in [-0.25, -0.2) is 0 Å². The zero-order valence-electron chi connectivity index (χ0n) is 15.9. The Bertz CT molecular complexity index is 970. The molecule has 3 aromatic rings. The fourth-order valence-electron chi connectivity index (χ4n) is 2.91. The van der Waals surface area contributed by atoms with Gasteiger partial charge in [-0.1, -0.05) is 54.6 Å². The molecule has 5 heteroatoms. The van der Waals surface area contributed by atoms with E-state index in [1.165, 1.54) is 6.92 Å². The summed E-state index contributed by atoms with van der Waals surface area (Å²) in [5.41, 5.74) is 4.21. The highest BCUT2D eigenvalue weighted by atomic mass is 16.2. The van der Waals surface area contributed by atoms with Crippen molar-refractivity contribution in [3.8, 4) is 11.1 Å². The van der Waals surface area contributed by atoms with E-state index >= 15 is 0 Å². The van der Waals surface area contributed by atoms with E-state index in [4.69, 9.17) is 0 Å². The molecule has 3 N–H and O–H groups in total. The molecule has 0 aliphatic rings. The highest BCUT2D eigenvalue weighted by Crippen LogP contribution is 2.27. The summed E-state index contributed by atoms with van der Waals surface area (Å²) < 4.78 is 0. The van der Waals surface area contributed by atoms with Gasteiger partial charge in [-0.3, -0.25) is 9.59 Å². The largest absolute Gasteiger partial charge is 0.374 e. The van der Waals surface area contributed by atoms with Crippen molar-refractivity contribution in [3.63, 3.8) is 0 Å². The number of hydrogen-bond acceptors (Lipinski definition) is 3. The van der Waals surface area contributed by atoms with Crippen LogP contribution >= 0.6 is 0 Å². The van der Waals surface area contributed by atoms with Crippen LogP contribution in [0.15, 0.2) is 78.9 Å². The second-order valence-electron chi connectivity index (χ2n) is 6.53. The van der Waals surface area contributed by atoms with Crippen LogP contribution in [0.4, 0.5) is 17.1 Å². The molecule has 0 heterocycles. The topological polar surface area (TPSA) is 70.2 Å². The monoisotopic (exact) mass is 373 g/mol. The van der Waals surface area contributed by atoms with Gasteiger partial charge in [-0.05, 0) is 36.8 Å². The van der Waals surface area contributed by atoms with E-state index in [-0.39, 0.29) is 11.8 Å². The minimum Gasteiger partial charge on any atom is -0.374 e. The van der Waals surface area contributed by atoms with Crippen LogP contribution in [0.3, 0.4) is 0 Å². The first-order valence-corrected chi connectivity index (χ1v) is 9.12. The third-order valence-electron chi connectivity index (χ3n) is 4.23. The Morgan fingerprint density at radius 3 is 2.21 bits per heavy atom. The maximum atomic E-state index is 12.7. The second-order valence-corrected chi connectivity index (χ2v) is 6.53. The Morgan fingerprint density at radius 1 is 0.786 bits per heavy atom. The zero-order valence-corrected chi connectivity index (χ0v) is 15.9. The van der Waals surface area contributed by atoms with Crippen molar-refractivity contribution >= 4 is 28.9 Å². The summed E-state index contributed by atoms with van der Waals surface area (Å²) in [4.78, 5) is 23.9. The van der Waals surface area contributed by atoms with Gasteiger partial charge in [0.25, 0.3) is 0 Å². The number of para-hydroxylation sites is 1. The van der Waals surface area contributed by atoms with Crippen molar-refractivity contribution in [2.24, 2.45) is 0 Å². The molecule has 2 amide bonds. The number of carbonyl (C=O) groups excluding carboxylic acids is 2. The standard InChI is InChI=1S/C23H23N3O2/c1-16(24-19-11-8-12-20(15-19)25-17(2)27)23(28)26-22-14-7-6-13-21(22)18-9-4-3-5-10-18/h3-16,24H,1-2H3,(H,25,27)(H,26,28)/t16-/m1/s1. The Kier molecular flexibility index (Phi) is 6.07. The molecule has 142 valence electrons. The summed E-state index contributed by atoms with van der Waals surface area (Å²) in [5.74, 6) is -0.284. The fraction of sp³-hybridized carbons (Fsp3) is 0.130. The van der Waals surface area contributed by atoms with E-state index in [1.807, 2.05) is 66.7 Å². The van der Waals surface area contributed by atoms with Crippen LogP contribution in [0.5, 0.6) is 0 Å². The van der Waals surface area contributed by atoms with Crippen LogP contribution in [0.25, 0.3) is 11.1 Å². The summed E-state index contributed by atoms with van der Waals surface area (Å²) in [5, 5.41) is 8.91. The van der Waals surface area contributed by atoms with Gasteiger partial charge in [0.05, 0.1) is 0 Å². The third kappa shape index (κ3) is 4.98. The molecule has 0 saturated heterocycles. The molecule has 3 rings (SSSR count). The van der Waals surface area contributed by atoms with Crippen molar-refractivity contribution in [1.29, 1.82) is 0 Å². The van der Waals surface area contributed by atoms with Crippen LogP contribution < -0.4 is 16.0 Å². The number of amides is 2. The lowest BCUT2D eigenvalue weighted by Gasteiger charge is -2.17. The van der Waals surface area contributed by atoms with Crippen LogP contribution in [-0.2, 0) is 9.59 Å². The van der Waals surface area contributed by atoms with Crippen molar-refractivity contribution in [2.75, 3.05) is 16.0 Å². The average Bonchev–Trinajstić information content (AvgIpc) is 2.69.